The van der Waals surface area contributed by atoms with Crippen molar-refractivity contribution in [3.8, 4) is 11.4 Å². The van der Waals surface area contributed by atoms with Crippen molar-refractivity contribution in [3.63, 3.8) is 0 Å². The van der Waals surface area contributed by atoms with Gasteiger partial charge in [-0.25, -0.2) is 0 Å². The lowest BCUT2D eigenvalue weighted by atomic mass is 9.92. The van der Waals surface area contributed by atoms with Crippen LogP contribution in [-0.4, -0.2) is 37.8 Å². The molecule has 0 atom stereocenters. The van der Waals surface area contributed by atoms with Crippen LogP contribution in [0.1, 0.15) is 123 Å². The molecule has 0 bridgehead atoms. The summed E-state index contributed by atoms with van der Waals surface area (Å²) in [5.74, 6) is 0.833. The second kappa shape index (κ2) is 14.9. The molecule has 2 heterocycles. The summed E-state index contributed by atoms with van der Waals surface area (Å²) in [6.07, 6.45) is 16.0. The zero-order valence-electron chi connectivity index (χ0n) is 24.1. The fourth-order valence-corrected chi connectivity index (χ4v) is 5.47. The van der Waals surface area contributed by atoms with Crippen molar-refractivity contribution in [2.45, 2.75) is 124 Å². The number of hydrogen-bond acceptors (Lipinski definition) is 3. The van der Waals surface area contributed by atoms with Gasteiger partial charge in [-0.2, -0.15) is 5.10 Å². The Morgan fingerprint density at radius 2 is 1.38 bits per heavy atom. The molecule has 0 aliphatic carbocycles. The van der Waals surface area contributed by atoms with E-state index in [0.29, 0.717) is 5.02 Å². The number of benzene rings is 1. The minimum atomic E-state index is -0.128. The number of nitrogens with zero attached hydrogens (tertiary/aromatic N) is 4. The van der Waals surface area contributed by atoms with Gasteiger partial charge in [0.1, 0.15) is 5.02 Å². The minimum absolute atomic E-state index is 0.128. The molecule has 6 heteroatoms. The quantitative estimate of drug-likeness (QED) is 0.178. The third-order valence-electron chi connectivity index (χ3n) is 7.27. The van der Waals surface area contributed by atoms with E-state index < -0.39 is 0 Å². The number of fused-ring (bicyclic) bond motifs is 1. The minimum Gasteiger partial charge on any atom is -0.320 e. The highest BCUT2D eigenvalue weighted by Gasteiger charge is 2.25. The van der Waals surface area contributed by atoms with E-state index in [-0.39, 0.29) is 5.41 Å². The molecule has 3 aromatic rings. The summed E-state index contributed by atoms with van der Waals surface area (Å²) >= 11 is 6.71. The molecule has 37 heavy (non-hydrogen) atoms. The predicted octanol–water partition coefficient (Wildman–Crippen LogP) is 9.20. The first-order valence-corrected chi connectivity index (χ1v) is 15.2. The molecule has 206 valence electrons. The van der Waals surface area contributed by atoms with Gasteiger partial charge in [0.2, 0.25) is 0 Å². The Morgan fingerprint density at radius 3 is 1.95 bits per heavy atom. The molecule has 5 nitrogen and oxygen atoms in total. The second-order valence-electron chi connectivity index (χ2n) is 11.7. The number of hydrogen-bond donors (Lipinski definition) is 1. The molecule has 0 amide bonds. The summed E-state index contributed by atoms with van der Waals surface area (Å²) < 4.78 is 1.67. The Kier molecular flexibility index (Phi) is 12.0. The van der Waals surface area contributed by atoms with E-state index >= 15 is 0 Å². The van der Waals surface area contributed by atoms with Gasteiger partial charge < -0.3 is 4.98 Å². The summed E-state index contributed by atoms with van der Waals surface area (Å²) in [5, 5.41) is 10.2. The third kappa shape index (κ3) is 8.85. The van der Waals surface area contributed by atoms with Crippen LogP contribution in [0.2, 0.25) is 5.02 Å². The molecule has 0 fully saturated rings. The van der Waals surface area contributed by atoms with Crippen LogP contribution in [0.3, 0.4) is 0 Å². The van der Waals surface area contributed by atoms with E-state index in [9.17, 15) is 0 Å². The van der Waals surface area contributed by atoms with Gasteiger partial charge in [-0.3, -0.25) is 4.90 Å². The van der Waals surface area contributed by atoms with Crippen LogP contribution >= 0.6 is 11.6 Å². The highest BCUT2D eigenvalue weighted by Crippen LogP contribution is 2.32. The van der Waals surface area contributed by atoms with Gasteiger partial charge in [0, 0.05) is 17.5 Å². The number of aromatic amines is 1. The molecule has 0 aliphatic rings. The normalized spacial score (nSPS) is 12.3. The molecule has 2 aromatic heterocycles. The fraction of sp³-hybridized carbons (Fsp3) is 0.677. The van der Waals surface area contributed by atoms with Gasteiger partial charge in [-0.15, -0.1) is 9.73 Å². The average molecular weight is 528 g/mol. The van der Waals surface area contributed by atoms with Gasteiger partial charge in [0.25, 0.3) is 0 Å². The van der Waals surface area contributed by atoms with E-state index in [0.717, 1.165) is 42.4 Å². The lowest BCUT2D eigenvalue weighted by Crippen LogP contribution is -2.26. The highest BCUT2D eigenvalue weighted by atomic mass is 35.5. The monoisotopic (exact) mass is 527 g/mol. The van der Waals surface area contributed by atoms with Crippen LogP contribution in [0.25, 0.3) is 17.0 Å². The number of unbranched alkanes of at least 4 members (excludes halogenated alkanes) is 10. The van der Waals surface area contributed by atoms with E-state index in [1.54, 1.807) is 4.63 Å². The SMILES string of the molecule is CCCCCCCCN(CCCCCCCC)Cc1ccccc1-c1nn2nc(C(C)(C)C)c(Cl)c2[nH]1. The molecular formula is C31H50ClN5. The van der Waals surface area contributed by atoms with Gasteiger partial charge >= 0.3 is 0 Å². The molecule has 0 aliphatic heterocycles. The van der Waals surface area contributed by atoms with Crippen molar-refractivity contribution in [2.24, 2.45) is 0 Å². The van der Waals surface area contributed by atoms with Crippen LogP contribution < -0.4 is 0 Å². The van der Waals surface area contributed by atoms with Crippen LogP contribution in [0.15, 0.2) is 24.3 Å². The first-order valence-electron chi connectivity index (χ1n) is 14.8. The summed E-state index contributed by atoms with van der Waals surface area (Å²) in [7, 11) is 0. The maximum absolute atomic E-state index is 6.71. The van der Waals surface area contributed by atoms with Gasteiger partial charge in [-0.05, 0) is 31.5 Å². The Bertz CT molecular complexity index is 1050. The Balaban J connectivity index is 1.71. The van der Waals surface area contributed by atoms with Crippen molar-refractivity contribution < 1.29 is 0 Å². The number of aromatic nitrogens is 4. The standard InChI is InChI=1S/C31H50ClN5/c1-6-8-10-12-14-18-22-36(23-19-15-13-11-9-7-2)24-25-20-16-17-21-26(25)29-33-30-27(32)28(31(3,4)5)34-37(30)35-29/h16-17,20-21H,6-15,18-19,22-24H2,1-5H3,(H,33,35). The zero-order valence-corrected chi connectivity index (χ0v) is 24.8. The van der Waals surface area contributed by atoms with Crippen LogP contribution in [0.4, 0.5) is 0 Å². The molecule has 0 saturated heterocycles. The molecule has 0 saturated carbocycles. The number of halogens is 1. The van der Waals surface area contributed by atoms with Crippen molar-refractivity contribution >= 4 is 17.2 Å². The average Bonchev–Trinajstić information content (AvgIpc) is 3.42. The molecule has 1 aromatic carbocycles. The molecule has 0 radical (unpaired) electrons. The topological polar surface area (TPSA) is 49.2 Å². The molecular weight excluding hydrogens is 478 g/mol. The summed E-state index contributed by atoms with van der Waals surface area (Å²) in [6.45, 7) is 14.2. The maximum Gasteiger partial charge on any atom is 0.175 e. The zero-order chi connectivity index (χ0) is 26.7. The predicted molar refractivity (Wildman–Crippen MR) is 159 cm³/mol. The van der Waals surface area contributed by atoms with E-state index in [2.05, 4.69) is 68.8 Å². The second-order valence-corrected chi connectivity index (χ2v) is 12.1. The van der Waals surface area contributed by atoms with Crippen LogP contribution in [0, 0.1) is 0 Å². The fourth-order valence-electron chi connectivity index (χ4n) is 5.03. The van der Waals surface area contributed by atoms with E-state index in [1.807, 2.05) is 0 Å². The summed E-state index contributed by atoms with van der Waals surface area (Å²) in [5.41, 5.74) is 3.96. The van der Waals surface area contributed by atoms with Gasteiger partial charge in [-0.1, -0.05) is 135 Å². The van der Waals surface area contributed by atoms with E-state index in [4.69, 9.17) is 21.8 Å². The number of rotatable bonds is 17. The summed E-state index contributed by atoms with van der Waals surface area (Å²) in [4.78, 5) is 6.13. The third-order valence-corrected chi connectivity index (χ3v) is 7.63. The Morgan fingerprint density at radius 1 is 0.811 bits per heavy atom. The lowest BCUT2D eigenvalue weighted by Gasteiger charge is -2.23. The van der Waals surface area contributed by atoms with Gasteiger partial charge in [0.05, 0.1) is 5.69 Å². The number of nitrogens with one attached hydrogen (secondary N) is 1. The van der Waals surface area contributed by atoms with Crippen LogP contribution in [0.5, 0.6) is 0 Å². The maximum atomic E-state index is 6.71. The van der Waals surface area contributed by atoms with Crippen molar-refractivity contribution in [2.75, 3.05) is 13.1 Å². The van der Waals surface area contributed by atoms with Crippen LogP contribution in [-0.2, 0) is 12.0 Å². The van der Waals surface area contributed by atoms with Crippen molar-refractivity contribution in [1.29, 1.82) is 0 Å². The van der Waals surface area contributed by atoms with E-state index in [1.165, 1.54) is 82.6 Å². The first kappa shape index (κ1) is 29.7. The molecule has 0 spiro atoms. The Hall–Kier alpha value is -1.85. The molecule has 3 rings (SSSR count). The smallest absolute Gasteiger partial charge is 0.175 e. The van der Waals surface area contributed by atoms with Crippen molar-refractivity contribution in [1.82, 2.24) is 24.7 Å². The highest BCUT2D eigenvalue weighted by molar-refractivity contribution is 6.34. The first-order chi connectivity index (χ1) is 17.8. The van der Waals surface area contributed by atoms with Crippen molar-refractivity contribution in [3.05, 3.63) is 40.5 Å². The summed E-state index contributed by atoms with van der Waals surface area (Å²) in [6, 6.07) is 8.65. The lowest BCUT2D eigenvalue weighted by molar-refractivity contribution is 0.252. The van der Waals surface area contributed by atoms with Gasteiger partial charge in [0.15, 0.2) is 11.5 Å². The largest absolute Gasteiger partial charge is 0.320 e. The Labute approximate surface area is 230 Å². The molecule has 0 unspecified atom stereocenters. The molecule has 1 N–H and O–H groups in total. The number of H-pyrrole nitrogens is 1.